The molecule has 0 bridgehead atoms. The molecule has 3 aromatic rings. The molecule has 3 rings (SSSR count). The quantitative estimate of drug-likeness (QED) is 0.474. The molecule has 0 atom stereocenters. The van der Waals surface area contributed by atoms with Crippen molar-refractivity contribution < 1.29 is 22.4 Å². The molecule has 30 heavy (non-hydrogen) atoms. The number of ether oxygens (including phenoxy) is 1. The predicted octanol–water partition coefficient (Wildman–Crippen LogP) is 5.71. The summed E-state index contributed by atoms with van der Waals surface area (Å²) < 4.78 is 50.9. The fourth-order valence-corrected chi connectivity index (χ4v) is 2.88. The van der Waals surface area contributed by atoms with Crippen molar-refractivity contribution in [2.75, 3.05) is 6.54 Å². The molecule has 0 radical (unpaired) electrons. The molecule has 0 saturated heterocycles. The first-order chi connectivity index (χ1) is 14.3. The first-order valence-corrected chi connectivity index (χ1v) is 9.80. The van der Waals surface area contributed by atoms with E-state index in [1.807, 2.05) is 24.3 Å². The summed E-state index contributed by atoms with van der Waals surface area (Å²) in [4.78, 5) is 4.27. The maximum absolute atomic E-state index is 13.5. The molecule has 0 unspecified atom stereocenters. The Hall–Kier alpha value is -2.87. The van der Waals surface area contributed by atoms with Crippen LogP contribution in [0.5, 0.6) is 5.75 Å². The van der Waals surface area contributed by atoms with Crippen LogP contribution in [-0.4, -0.2) is 22.8 Å². The maximum Gasteiger partial charge on any atom is 0.419 e. The van der Waals surface area contributed by atoms with Gasteiger partial charge in [0.2, 0.25) is 5.82 Å². The molecule has 1 aromatic heterocycles. The Morgan fingerprint density at radius 1 is 1.07 bits per heavy atom. The highest BCUT2D eigenvalue weighted by molar-refractivity contribution is 5.62. The number of hydrogen-bond acceptors (Lipinski definition) is 5. The van der Waals surface area contributed by atoms with Crippen LogP contribution in [0, 0.1) is 0 Å². The molecule has 0 aliphatic heterocycles. The first kappa shape index (κ1) is 21.8. The van der Waals surface area contributed by atoms with E-state index < -0.39 is 11.7 Å². The fraction of sp³-hybridized carbons (Fsp3) is 0.364. The van der Waals surface area contributed by atoms with E-state index in [4.69, 9.17) is 9.26 Å². The van der Waals surface area contributed by atoms with Crippen LogP contribution in [0.25, 0.3) is 22.8 Å². The van der Waals surface area contributed by atoms with E-state index in [1.165, 1.54) is 12.1 Å². The fourth-order valence-electron chi connectivity index (χ4n) is 2.88. The van der Waals surface area contributed by atoms with Gasteiger partial charge in [-0.25, -0.2) is 0 Å². The maximum atomic E-state index is 13.5. The van der Waals surface area contributed by atoms with Crippen LogP contribution >= 0.6 is 0 Å². The molecule has 2 aromatic carbocycles. The summed E-state index contributed by atoms with van der Waals surface area (Å²) in [5, 5.41) is 7.23. The van der Waals surface area contributed by atoms with Gasteiger partial charge < -0.3 is 14.6 Å². The Bertz CT molecular complexity index is 967. The normalized spacial score (nSPS) is 11.8. The lowest BCUT2D eigenvalue weighted by Gasteiger charge is -2.16. The molecule has 5 nitrogen and oxygen atoms in total. The summed E-state index contributed by atoms with van der Waals surface area (Å²) in [6.45, 7) is 7.15. The van der Waals surface area contributed by atoms with Crippen molar-refractivity contribution in [3.05, 3.63) is 53.6 Å². The van der Waals surface area contributed by atoms with Crippen molar-refractivity contribution in [1.82, 2.24) is 15.5 Å². The first-order valence-electron chi connectivity index (χ1n) is 9.80. The summed E-state index contributed by atoms with van der Waals surface area (Å²) in [6, 6.07) is 11.3. The highest BCUT2D eigenvalue weighted by Gasteiger charge is 2.35. The highest BCUT2D eigenvalue weighted by atomic mass is 19.4. The SMILES string of the molecule is CCCNCc1ccc(-c2noc(-c3ccc(OC(C)C)c(C(F)(F)F)c3)n2)cc1. The number of nitrogens with zero attached hydrogens (tertiary/aromatic N) is 2. The van der Waals surface area contributed by atoms with Crippen LogP contribution in [0.15, 0.2) is 47.0 Å². The van der Waals surface area contributed by atoms with E-state index in [2.05, 4.69) is 22.4 Å². The van der Waals surface area contributed by atoms with E-state index in [-0.39, 0.29) is 23.3 Å². The van der Waals surface area contributed by atoms with Gasteiger partial charge in [0.25, 0.3) is 5.89 Å². The predicted molar refractivity (Wildman–Crippen MR) is 108 cm³/mol. The van der Waals surface area contributed by atoms with E-state index in [9.17, 15) is 13.2 Å². The third-order valence-corrected chi connectivity index (χ3v) is 4.29. The average Bonchev–Trinajstić information content (AvgIpc) is 3.18. The molecule has 1 N–H and O–H groups in total. The molecule has 0 aliphatic carbocycles. The Kier molecular flexibility index (Phi) is 6.77. The summed E-state index contributed by atoms with van der Waals surface area (Å²) in [6.07, 6.45) is -3.89. The minimum absolute atomic E-state index is 0.0142. The van der Waals surface area contributed by atoms with Crippen LogP contribution in [0.3, 0.4) is 0 Å². The minimum Gasteiger partial charge on any atom is -0.490 e. The standard InChI is InChI=1S/C22H24F3N3O2/c1-4-11-26-13-15-5-7-16(8-6-15)20-27-21(30-28-20)17-9-10-19(29-14(2)3)18(12-17)22(23,24)25/h5-10,12,14,26H,4,11,13H2,1-3H3. The molecule has 8 heteroatoms. The Morgan fingerprint density at radius 2 is 1.77 bits per heavy atom. The van der Waals surface area contributed by atoms with Crippen LogP contribution in [0.1, 0.15) is 38.3 Å². The van der Waals surface area contributed by atoms with Gasteiger partial charge in [0, 0.05) is 17.7 Å². The number of aromatic nitrogens is 2. The largest absolute Gasteiger partial charge is 0.490 e. The second-order valence-electron chi connectivity index (χ2n) is 7.17. The second kappa shape index (κ2) is 9.30. The van der Waals surface area contributed by atoms with Crippen LogP contribution in [0.2, 0.25) is 0 Å². The molecule has 0 aliphatic rings. The highest BCUT2D eigenvalue weighted by Crippen LogP contribution is 2.39. The Labute approximate surface area is 173 Å². The van der Waals surface area contributed by atoms with Gasteiger partial charge in [0.05, 0.1) is 11.7 Å². The summed E-state index contributed by atoms with van der Waals surface area (Å²) >= 11 is 0. The molecule has 1 heterocycles. The topological polar surface area (TPSA) is 60.2 Å². The van der Waals surface area contributed by atoms with Crippen molar-refractivity contribution in [1.29, 1.82) is 0 Å². The molecular weight excluding hydrogens is 395 g/mol. The van der Waals surface area contributed by atoms with Crippen molar-refractivity contribution in [3.8, 4) is 28.6 Å². The monoisotopic (exact) mass is 419 g/mol. The molecule has 160 valence electrons. The lowest BCUT2D eigenvalue weighted by atomic mass is 10.1. The van der Waals surface area contributed by atoms with Gasteiger partial charge in [-0.1, -0.05) is 36.3 Å². The zero-order chi connectivity index (χ0) is 21.7. The second-order valence-corrected chi connectivity index (χ2v) is 7.17. The average molecular weight is 419 g/mol. The zero-order valence-electron chi connectivity index (χ0n) is 17.1. The van der Waals surface area contributed by atoms with E-state index in [0.29, 0.717) is 5.82 Å². The number of benzene rings is 2. The van der Waals surface area contributed by atoms with E-state index >= 15 is 0 Å². The lowest BCUT2D eigenvalue weighted by Crippen LogP contribution is -2.13. The zero-order valence-corrected chi connectivity index (χ0v) is 17.1. The number of nitrogens with one attached hydrogen (secondary N) is 1. The van der Waals surface area contributed by atoms with Crippen molar-refractivity contribution in [3.63, 3.8) is 0 Å². The number of halogens is 3. The number of rotatable bonds is 8. The van der Waals surface area contributed by atoms with Crippen LogP contribution in [0.4, 0.5) is 13.2 Å². The summed E-state index contributed by atoms with van der Waals surface area (Å²) in [5.74, 6) is 0.0997. The Balaban J connectivity index is 1.83. The molecule has 0 amide bonds. The summed E-state index contributed by atoms with van der Waals surface area (Å²) in [7, 11) is 0. The third-order valence-electron chi connectivity index (χ3n) is 4.29. The van der Waals surface area contributed by atoms with Crippen molar-refractivity contribution >= 4 is 0 Å². The smallest absolute Gasteiger partial charge is 0.419 e. The number of alkyl halides is 3. The van der Waals surface area contributed by atoms with Crippen molar-refractivity contribution in [2.24, 2.45) is 0 Å². The van der Waals surface area contributed by atoms with Gasteiger partial charge in [0.15, 0.2) is 0 Å². The summed E-state index contributed by atoms with van der Waals surface area (Å²) in [5.41, 5.74) is 1.14. The van der Waals surface area contributed by atoms with E-state index in [0.717, 1.165) is 36.7 Å². The third kappa shape index (κ3) is 5.38. The van der Waals surface area contributed by atoms with Crippen molar-refractivity contribution in [2.45, 2.75) is 46.0 Å². The van der Waals surface area contributed by atoms with Gasteiger partial charge in [-0.2, -0.15) is 18.2 Å². The van der Waals surface area contributed by atoms with Gasteiger partial charge in [-0.3, -0.25) is 0 Å². The molecule has 0 spiro atoms. The van der Waals surface area contributed by atoms with Crippen LogP contribution < -0.4 is 10.1 Å². The lowest BCUT2D eigenvalue weighted by molar-refractivity contribution is -0.139. The molecular formula is C22H24F3N3O2. The van der Waals surface area contributed by atoms with E-state index in [1.54, 1.807) is 13.8 Å². The molecule has 0 saturated carbocycles. The Morgan fingerprint density at radius 3 is 2.40 bits per heavy atom. The minimum atomic E-state index is -4.56. The number of hydrogen-bond donors (Lipinski definition) is 1. The van der Waals surface area contributed by atoms with Gasteiger partial charge >= 0.3 is 6.18 Å². The van der Waals surface area contributed by atoms with Crippen LogP contribution in [-0.2, 0) is 12.7 Å². The van der Waals surface area contributed by atoms with Gasteiger partial charge in [-0.15, -0.1) is 0 Å². The van der Waals surface area contributed by atoms with Gasteiger partial charge in [0.1, 0.15) is 5.75 Å². The molecule has 0 fully saturated rings. The van der Waals surface area contributed by atoms with Gasteiger partial charge in [-0.05, 0) is 50.6 Å².